The first kappa shape index (κ1) is 24.3. The molecule has 0 saturated carbocycles. The Morgan fingerprint density at radius 3 is 2.28 bits per heavy atom. The number of aromatic nitrogens is 4. The Morgan fingerprint density at radius 1 is 1.03 bits per heavy atom. The molecular formula is C24H23N5O5S2. The van der Waals surface area contributed by atoms with Crippen LogP contribution in [0, 0.1) is 0 Å². The van der Waals surface area contributed by atoms with Gasteiger partial charge in [0.2, 0.25) is 0 Å². The molecule has 12 heteroatoms. The highest BCUT2D eigenvalue weighted by Gasteiger charge is 2.57. The number of imidazole rings is 2. The number of hydrogen-bond donors (Lipinski definition) is 2. The van der Waals surface area contributed by atoms with Gasteiger partial charge in [0.25, 0.3) is 5.78 Å². The van der Waals surface area contributed by atoms with Gasteiger partial charge in [-0.1, -0.05) is 47.8 Å². The van der Waals surface area contributed by atoms with Crippen LogP contribution in [0.2, 0.25) is 0 Å². The van der Waals surface area contributed by atoms with Crippen LogP contribution in [0.4, 0.5) is 0 Å². The summed E-state index contributed by atoms with van der Waals surface area (Å²) in [6.07, 6.45) is 0. The third kappa shape index (κ3) is 4.97. The second kappa shape index (κ2) is 9.96. The molecule has 3 heterocycles. The van der Waals surface area contributed by atoms with E-state index in [4.69, 9.17) is 9.47 Å². The zero-order valence-corrected chi connectivity index (χ0v) is 21.1. The number of nitrogens with zero attached hydrogens (tertiary/aromatic N) is 3. The summed E-state index contributed by atoms with van der Waals surface area (Å²) in [6.45, 7) is -0.224. The predicted octanol–water partition coefficient (Wildman–Crippen LogP) is 2.66. The number of rotatable bonds is 9. The maximum absolute atomic E-state index is 13.0. The van der Waals surface area contributed by atoms with Crippen molar-refractivity contribution in [3.05, 3.63) is 48.5 Å². The topological polar surface area (TPSA) is 130 Å². The molecule has 5 rings (SSSR count). The number of nitrogens with one attached hydrogen (secondary N) is 2. The number of ketones is 1. The molecule has 0 radical (unpaired) electrons. The molecule has 2 unspecified atom stereocenters. The summed E-state index contributed by atoms with van der Waals surface area (Å²) in [7, 11) is 3.49. The Balaban J connectivity index is 1.44. The maximum atomic E-state index is 13.0. The van der Waals surface area contributed by atoms with Crippen molar-refractivity contribution in [1.82, 2.24) is 24.8 Å². The maximum Gasteiger partial charge on any atom is 0.376 e. The molecule has 2 aromatic heterocycles. The number of benzene rings is 2. The first-order valence-electron chi connectivity index (χ1n) is 11.1. The Bertz CT molecular complexity index is 1380. The summed E-state index contributed by atoms with van der Waals surface area (Å²) in [5, 5.41) is 0.0817. The third-order valence-corrected chi connectivity index (χ3v) is 7.95. The van der Waals surface area contributed by atoms with Crippen molar-refractivity contribution in [1.29, 1.82) is 0 Å². The lowest BCUT2D eigenvalue weighted by Gasteiger charge is -2.30. The predicted molar refractivity (Wildman–Crippen MR) is 136 cm³/mol. The van der Waals surface area contributed by atoms with E-state index < -0.39 is 28.6 Å². The van der Waals surface area contributed by atoms with Crippen LogP contribution in [0.3, 0.4) is 0 Å². The molecule has 2 atom stereocenters. The summed E-state index contributed by atoms with van der Waals surface area (Å²) in [4.78, 5) is 55.0. The number of para-hydroxylation sites is 4. The van der Waals surface area contributed by atoms with Gasteiger partial charge in [0.1, 0.15) is 11.9 Å². The van der Waals surface area contributed by atoms with Crippen molar-refractivity contribution in [2.75, 3.05) is 33.0 Å². The van der Waals surface area contributed by atoms with Crippen molar-refractivity contribution in [3.63, 3.8) is 0 Å². The average Bonchev–Trinajstić information content (AvgIpc) is 3.52. The number of hydrogen-bond acceptors (Lipinski definition) is 10. The number of carbonyl (C=O) groups is 3. The Kier molecular flexibility index (Phi) is 6.73. The van der Waals surface area contributed by atoms with E-state index >= 15 is 0 Å². The molecule has 10 nitrogen and oxygen atoms in total. The lowest BCUT2D eigenvalue weighted by atomic mass is 10.0. The minimum Gasteiger partial charge on any atom is -0.460 e. The zero-order valence-electron chi connectivity index (χ0n) is 19.5. The van der Waals surface area contributed by atoms with E-state index in [1.807, 2.05) is 48.5 Å². The molecular weight excluding hydrogens is 502 g/mol. The fourth-order valence-electron chi connectivity index (χ4n) is 3.84. The van der Waals surface area contributed by atoms with Crippen molar-refractivity contribution in [2.45, 2.75) is 21.2 Å². The lowest BCUT2D eigenvalue weighted by Crippen LogP contribution is -2.47. The van der Waals surface area contributed by atoms with Crippen LogP contribution in [0.15, 0.2) is 58.8 Å². The SMILES string of the molecule is CN(C)CC(=O)OCC1(CSc2nc3ccccc3[nH]2)OC(=O)C(=O)C1Sc1nc2ccccc2[nH]1. The van der Waals surface area contributed by atoms with Crippen LogP contribution in [-0.2, 0) is 23.9 Å². The van der Waals surface area contributed by atoms with Crippen LogP contribution in [0.1, 0.15) is 0 Å². The largest absolute Gasteiger partial charge is 0.460 e. The molecule has 0 bridgehead atoms. The van der Waals surface area contributed by atoms with Gasteiger partial charge in [0, 0.05) is 5.75 Å². The van der Waals surface area contributed by atoms with E-state index in [0.29, 0.717) is 10.3 Å². The van der Waals surface area contributed by atoms with Gasteiger partial charge in [-0.25, -0.2) is 14.8 Å². The smallest absolute Gasteiger partial charge is 0.376 e. The highest BCUT2D eigenvalue weighted by Crippen LogP contribution is 2.41. The highest BCUT2D eigenvalue weighted by atomic mass is 32.2. The van der Waals surface area contributed by atoms with Gasteiger partial charge in [0.05, 0.1) is 28.6 Å². The van der Waals surface area contributed by atoms with Crippen LogP contribution in [0.5, 0.6) is 0 Å². The highest BCUT2D eigenvalue weighted by molar-refractivity contribution is 8.01. The van der Waals surface area contributed by atoms with Crippen molar-refractivity contribution < 1.29 is 23.9 Å². The monoisotopic (exact) mass is 525 g/mol. The van der Waals surface area contributed by atoms with Gasteiger partial charge in [0.15, 0.2) is 15.9 Å². The molecule has 1 aliphatic heterocycles. The molecule has 186 valence electrons. The minimum absolute atomic E-state index is 0.0517. The molecule has 2 aromatic carbocycles. The molecule has 4 aromatic rings. The fourth-order valence-corrected chi connectivity index (χ4v) is 6.14. The molecule has 36 heavy (non-hydrogen) atoms. The van der Waals surface area contributed by atoms with Crippen molar-refractivity contribution in [2.24, 2.45) is 0 Å². The second-order valence-electron chi connectivity index (χ2n) is 8.62. The molecule has 0 spiro atoms. The standard InChI is InChI=1S/C24H23N5O5S2/c1-29(2)11-18(30)33-12-24(13-35-22-25-14-7-3-4-8-15(14)26-22)20(19(31)21(32)34-24)36-23-27-16-9-5-6-10-17(16)28-23/h3-10,20H,11-13H2,1-2H3,(H,25,26)(H,27,28). The summed E-state index contributed by atoms with van der Waals surface area (Å²) < 4.78 is 11.2. The first-order chi connectivity index (χ1) is 17.3. The van der Waals surface area contributed by atoms with Crippen molar-refractivity contribution >= 4 is 63.3 Å². The van der Waals surface area contributed by atoms with Crippen molar-refractivity contribution in [3.8, 4) is 0 Å². The third-order valence-electron chi connectivity index (χ3n) is 5.55. The molecule has 1 fully saturated rings. The van der Waals surface area contributed by atoms with E-state index in [0.717, 1.165) is 33.8 Å². The number of fused-ring (bicyclic) bond motifs is 2. The average molecular weight is 526 g/mol. The van der Waals surface area contributed by atoms with Gasteiger partial charge in [-0.3, -0.25) is 14.5 Å². The van der Waals surface area contributed by atoms with Gasteiger partial charge < -0.3 is 19.4 Å². The van der Waals surface area contributed by atoms with Crippen LogP contribution in [0.25, 0.3) is 22.1 Å². The number of cyclic esters (lactones) is 1. The number of esters is 2. The fraction of sp³-hybridized carbons (Fsp3) is 0.292. The number of carbonyl (C=O) groups excluding carboxylic acids is 3. The Labute approximate surface area is 214 Å². The number of likely N-dealkylation sites (N-methyl/N-ethyl adjacent to an activating group) is 1. The summed E-state index contributed by atoms with van der Waals surface area (Å²) in [5.41, 5.74) is 1.77. The van der Waals surface area contributed by atoms with E-state index in [9.17, 15) is 14.4 Å². The van der Waals surface area contributed by atoms with E-state index in [2.05, 4.69) is 19.9 Å². The Morgan fingerprint density at radius 2 is 1.64 bits per heavy atom. The Hall–Kier alpha value is -3.35. The summed E-state index contributed by atoms with van der Waals surface area (Å²) >= 11 is 2.38. The van der Waals surface area contributed by atoms with Gasteiger partial charge in [-0.05, 0) is 38.4 Å². The molecule has 2 N–H and O–H groups in total. The molecule has 0 aliphatic carbocycles. The normalized spacial score (nSPS) is 19.9. The number of Topliss-reactive ketones (excluding diaryl/α,β-unsaturated/α-hetero) is 1. The van der Waals surface area contributed by atoms with E-state index in [1.165, 1.54) is 11.8 Å². The number of ether oxygens (including phenoxy) is 2. The number of thioether (sulfide) groups is 2. The lowest BCUT2D eigenvalue weighted by molar-refractivity contribution is -0.161. The first-order valence-corrected chi connectivity index (χ1v) is 13.0. The second-order valence-corrected chi connectivity index (χ2v) is 10.7. The number of H-pyrrole nitrogens is 2. The number of aromatic amines is 2. The van der Waals surface area contributed by atoms with E-state index in [-0.39, 0.29) is 18.9 Å². The molecule has 0 amide bonds. The molecule has 1 saturated heterocycles. The zero-order chi connectivity index (χ0) is 25.3. The summed E-state index contributed by atoms with van der Waals surface area (Å²) in [6, 6.07) is 15.0. The summed E-state index contributed by atoms with van der Waals surface area (Å²) in [5.74, 6) is -2.01. The van der Waals surface area contributed by atoms with Crippen LogP contribution in [-0.4, -0.2) is 86.4 Å². The quantitative estimate of drug-likeness (QED) is 0.191. The van der Waals surface area contributed by atoms with E-state index in [1.54, 1.807) is 19.0 Å². The van der Waals surface area contributed by atoms with Crippen LogP contribution >= 0.6 is 23.5 Å². The minimum atomic E-state index is -1.41. The van der Waals surface area contributed by atoms with Gasteiger partial charge in [-0.2, -0.15) is 0 Å². The van der Waals surface area contributed by atoms with Gasteiger partial charge in [-0.15, -0.1) is 0 Å². The van der Waals surface area contributed by atoms with Crippen LogP contribution < -0.4 is 0 Å². The van der Waals surface area contributed by atoms with Gasteiger partial charge >= 0.3 is 11.9 Å². The molecule has 1 aliphatic rings.